The monoisotopic (exact) mass is 264 g/mol. The molecule has 0 bridgehead atoms. The van der Waals surface area contributed by atoms with E-state index in [9.17, 15) is 0 Å². The molecule has 0 saturated heterocycles. The Hall–Kier alpha value is -1.85. The van der Waals surface area contributed by atoms with Gasteiger partial charge in [-0.3, -0.25) is 5.43 Å². The fourth-order valence-electron chi connectivity index (χ4n) is 1.39. The molecule has 0 amide bonds. The van der Waals surface area contributed by atoms with Crippen molar-refractivity contribution in [2.24, 2.45) is 5.84 Å². The van der Waals surface area contributed by atoms with Gasteiger partial charge in [0.2, 0.25) is 11.8 Å². The molecule has 0 spiro atoms. The Morgan fingerprint density at radius 1 is 1.33 bits per heavy atom. The summed E-state index contributed by atoms with van der Waals surface area (Å²) in [6.07, 6.45) is 1.63. The highest BCUT2D eigenvalue weighted by atomic mass is 35.5. The van der Waals surface area contributed by atoms with Gasteiger partial charge in [-0.25, -0.2) is 10.8 Å². The maximum absolute atomic E-state index is 6.06. The molecule has 0 aliphatic carbocycles. The number of halogens is 1. The smallest absolute Gasteiger partial charge is 0.240 e. The van der Waals surface area contributed by atoms with E-state index >= 15 is 0 Å². The second-order valence-corrected chi connectivity index (χ2v) is 4.27. The zero-order valence-electron chi connectivity index (χ0n) is 10.1. The number of hydrogen-bond donors (Lipinski definition) is 2. The Kier molecular flexibility index (Phi) is 3.64. The van der Waals surface area contributed by atoms with Crippen molar-refractivity contribution in [2.45, 2.75) is 13.8 Å². The van der Waals surface area contributed by atoms with Gasteiger partial charge in [0.25, 0.3) is 0 Å². The molecule has 1 aromatic heterocycles. The van der Waals surface area contributed by atoms with E-state index in [1.165, 1.54) is 0 Å². The van der Waals surface area contributed by atoms with E-state index < -0.39 is 0 Å². The number of hydrazine groups is 1. The average molecular weight is 265 g/mol. The number of ether oxygens (including phenoxy) is 1. The first-order valence-corrected chi connectivity index (χ1v) is 5.72. The van der Waals surface area contributed by atoms with Crippen LogP contribution in [0.15, 0.2) is 24.4 Å². The van der Waals surface area contributed by atoms with Crippen LogP contribution in [-0.4, -0.2) is 9.97 Å². The molecule has 0 aliphatic rings. The minimum atomic E-state index is 0.291. The van der Waals surface area contributed by atoms with Crippen molar-refractivity contribution >= 4 is 17.5 Å². The van der Waals surface area contributed by atoms with Crippen LogP contribution in [0.4, 0.5) is 5.95 Å². The van der Waals surface area contributed by atoms with Crippen molar-refractivity contribution in [2.75, 3.05) is 5.43 Å². The van der Waals surface area contributed by atoms with E-state index in [2.05, 4.69) is 15.4 Å². The van der Waals surface area contributed by atoms with E-state index in [0.29, 0.717) is 22.6 Å². The number of nitrogens with zero attached hydrogens (tertiary/aromatic N) is 2. The molecule has 18 heavy (non-hydrogen) atoms. The number of benzene rings is 1. The standard InChI is InChI=1S/C12H13ClN4O/c1-7-3-4-9(13)10(5-7)18-11-8(2)6-15-12(16-11)17-14/h3-6H,14H2,1-2H3,(H,15,16,17). The highest BCUT2D eigenvalue weighted by molar-refractivity contribution is 6.32. The lowest BCUT2D eigenvalue weighted by atomic mass is 10.2. The van der Waals surface area contributed by atoms with E-state index in [-0.39, 0.29) is 0 Å². The summed E-state index contributed by atoms with van der Waals surface area (Å²) in [5, 5.41) is 0.529. The van der Waals surface area contributed by atoms with E-state index in [4.69, 9.17) is 22.2 Å². The number of aromatic nitrogens is 2. The maximum atomic E-state index is 6.06. The molecule has 1 aromatic carbocycles. The van der Waals surface area contributed by atoms with Crippen molar-refractivity contribution < 1.29 is 4.74 Å². The van der Waals surface area contributed by atoms with Crippen LogP contribution in [0, 0.1) is 13.8 Å². The predicted octanol–water partition coefficient (Wildman–Crippen LogP) is 2.82. The molecule has 2 rings (SSSR count). The number of rotatable bonds is 3. The third-order valence-corrected chi connectivity index (χ3v) is 2.66. The third-order valence-electron chi connectivity index (χ3n) is 2.35. The van der Waals surface area contributed by atoms with Crippen LogP contribution in [0.3, 0.4) is 0 Å². The summed E-state index contributed by atoms with van der Waals surface area (Å²) in [5.74, 6) is 6.53. The predicted molar refractivity (Wildman–Crippen MR) is 70.8 cm³/mol. The number of hydrogen-bond acceptors (Lipinski definition) is 5. The maximum Gasteiger partial charge on any atom is 0.240 e. The van der Waals surface area contributed by atoms with Crippen LogP contribution in [0.25, 0.3) is 0 Å². The fraction of sp³-hybridized carbons (Fsp3) is 0.167. The number of aryl methyl sites for hydroxylation is 2. The lowest BCUT2D eigenvalue weighted by Gasteiger charge is -2.10. The first-order chi connectivity index (χ1) is 8.60. The molecule has 0 fully saturated rings. The number of nitrogens with one attached hydrogen (secondary N) is 1. The first-order valence-electron chi connectivity index (χ1n) is 5.34. The second kappa shape index (κ2) is 5.20. The zero-order valence-corrected chi connectivity index (χ0v) is 10.8. The summed E-state index contributed by atoms with van der Waals surface area (Å²) in [4.78, 5) is 8.11. The summed E-state index contributed by atoms with van der Waals surface area (Å²) in [7, 11) is 0. The van der Waals surface area contributed by atoms with Gasteiger partial charge in [-0.2, -0.15) is 4.98 Å². The summed E-state index contributed by atoms with van der Waals surface area (Å²) < 4.78 is 5.68. The largest absolute Gasteiger partial charge is 0.437 e. The van der Waals surface area contributed by atoms with Gasteiger partial charge in [-0.1, -0.05) is 17.7 Å². The number of anilines is 1. The molecule has 0 radical (unpaired) electrons. The van der Waals surface area contributed by atoms with Crippen molar-refractivity contribution in [1.29, 1.82) is 0 Å². The van der Waals surface area contributed by atoms with Crippen LogP contribution in [0.1, 0.15) is 11.1 Å². The van der Waals surface area contributed by atoms with Gasteiger partial charge in [-0.15, -0.1) is 0 Å². The highest BCUT2D eigenvalue weighted by Crippen LogP contribution is 2.30. The molecule has 0 atom stereocenters. The minimum absolute atomic E-state index is 0.291. The minimum Gasteiger partial charge on any atom is -0.437 e. The van der Waals surface area contributed by atoms with E-state index in [0.717, 1.165) is 11.1 Å². The van der Waals surface area contributed by atoms with Gasteiger partial charge >= 0.3 is 0 Å². The SMILES string of the molecule is Cc1ccc(Cl)c(Oc2nc(NN)ncc2C)c1. The molecular formula is C12H13ClN4O. The lowest BCUT2D eigenvalue weighted by Crippen LogP contribution is -2.11. The second-order valence-electron chi connectivity index (χ2n) is 3.86. The van der Waals surface area contributed by atoms with Crippen molar-refractivity contribution in [3.63, 3.8) is 0 Å². The van der Waals surface area contributed by atoms with Crippen LogP contribution in [-0.2, 0) is 0 Å². The first kappa shape index (κ1) is 12.6. The molecule has 94 valence electrons. The number of nitrogens with two attached hydrogens (primary N) is 1. The molecule has 6 heteroatoms. The molecule has 5 nitrogen and oxygen atoms in total. The molecule has 2 aromatic rings. The van der Waals surface area contributed by atoms with Crippen LogP contribution in [0.2, 0.25) is 5.02 Å². The summed E-state index contributed by atoms with van der Waals surface area (Å²) in [6, 6.07) is 5.54. The summed E-state index contributed by atoms with van der Waals surface area (Å²) in [5.41, 5.74) is 4.22. The summed E-state index contributed by atoms with van der Waals surface area (Å²) in [6.45, 7) is 3.81. The van der Waals surface area contributed by atoms with Gasteiger partial charge < -0.3 is 4.74 Å². The Morgan fingerprint density at radius 2 is 2.11 bits per heavy atom. The van der Waals surface area contributed by atoms with Crippen LogP contribution < -0.4 is 16.0 Å². The Bertz CT molecular complexity index is 574. The summed E-state index contributed by atoms with van der Waals surface area (Å²) >= 11 is 6.06. The quantitative estimate of drug-likeness (QED) is 0.659. The van der Waals surface area contributed by atoms with Crippen LogP contribution in [0.5, 0.6) is 11.6 Å². The van der Waals surface area contributed by atoms with E-state index in [1.54, 1.807) is 12.3 Å². The van der Waals surface area contributed by atoms with Gasteiger partial charge in [0, 0.05) is 11.8 Å². The fourth-order valence-corrected chi connectivity index (χ4v) is 1.55. The molecular weight excluding hydrogens is 252 g/mol. The van der Waals surface area contributed by atoms with Gasteiger partial charge in [0.15, 0.2) is 0 Å². The van der Waals surface area contributed by atoms with Crippen molar-refractivity contribution in [3.05, 3.63) is 40.5 Å². The average Bonchev–Trinajstić information content (AvgIpc) is 2.36. The van der Waals surface area contributed by atoms with Gasteiger partial charge in [0.1, 0.15) is 5.75 Å². The molecule has 0 aliphatic heterocycles. The van der Waals surface area contributed by atoms with Gasteiger partial charge in [0.05, 0.1) is 5.02 Å². The normalized spacial score (nSPS) is 10.2. The van der Waals surface area contributed by atoms with Gasteiger partial charge in [-0.05, 0) is 31.5 Å². The molecule has 0 saturated carbocycles. The van der Waals surface area contributed by atoms with Crippen LogP contribution >= 0.6 is 11.6 Å². The highest BCUT2D eigenvalue weighted by Gasteiger charge is 2.08. The van der Waals surface area contributed by atoms with Crippen molar-refractivity contribution in [1.82, 2.24) is 9.97 Å². The van der Waals surface area contributed by atoms with Crippen molar-refractivity contribution in [3.8, 4) is 11.6 Å². The third kappa shape index (κ3) is 2.69. The zero-order chi connectivity index (χ0) is 13.1. The number of nitrogen functional groups attached to an aromatic ring is 1. The molecule has 3 N–H and O–H groups in total. The Labute approximate surface area is 110 Å². The molecule has 1 heterocycles. The topological polar surface area (TPSA) is 73.1 Å². The molecule has 0 unspecified atom stereocenters. The Balaban J connectivity index is 2.36. The van der Waals surface area contributed by atoms with E-state index in [1.807, 2.05) is 26.0 Å². The lowest BCUT2D eigenvalue weighted by molar-refractivity contribution is 0.458. The Morgan fingerprint density at radius 3 is 2.83 bits per heavy atom.